The number of likely N-dealkylation sites (tertiary alicyclic amines) is 1. The predicted molar refractivity (Wildman–Crippen MR) is 112 cm³/mol. The second-order valence-electron chi connectivity index (χ2n) is 8.45. The van der Waals surface area contributed by atoms with Crippen LogP contribution in [0.1, 0.15) is 12.0 Å². The van der Waals surface area contributed by atoms with Gasteiger partial charge in [-0.3, -0.25) is 4.79 Å². The average Bonchev–Trinajstić information content (AvgIpc) is 2.88. The van der Waals surface area contributed by atoms with E-state index in [9.17, 15) is 14.4 Å². The molecule has 1 aromatic rings. The normalized spacial score (nSPS) is 21.6. The number of urea groups is 2. The third kappa shape index (κ3) is 4.77. The Kier molecular flexibility index (Phi) is 6.38. The summed E-state index contributed by atoms with van der Waals surface area (Å²) in [5.74, 6) is 0.813. The van der Waals surface area contributed by atoms with Gasteiger partial charge in [-0.1, -0.05) is 12.1 Å². The summed E-state index contributed by atoms with van der Waals surface area (Å²) in [7, 11) is 6.81. The molecule has 1 spiro atoms. The van der Waals surface area contributed by atoms with Crippen LogP contribution in [0, 0.1) is 5.41 Å². The Hall–Kier alpha value is -2.97. The molecule has 1 unspecified atom stereocenters. The number of nitrogens with one attached hydrogen (secondary N) is 1. The third-order valence-corrected chi connectivity index (χ3v) is 5.76. The Morgan fingerprint density at radius 3 is 2.30 bits per heavy atom. The first-order valence-corrected chi connectivity index (χ1v) is 10.1. The molecule has 0 saturated carbocycles. The van der Waals surface area contributed by atoms with E-state index in [4.69, 9.17) is 4.74 Å². The van der Waals surface area contributed by atoms with Gasteiger partial charge in [0.25, 0.3) is 0 Å². The molecule has 2 heterocycles. The maximum atomic E-state index is 12.9. The standard InChI is InChI=1S/C21H31N5O4/c1-23(2)20(29)26-10-9-25(14-21(15-26)11-18(27)24(3)13-21)19(28)22-12-16-5-7-17(30-4)8-6-16/h5-8H,9-15H2,1-4H3,(H,22,28). The highest BCUT2D eigenvalue weighted by atomic mass is 16.5. The van der Waals surface area contributed by atoms with Crippen LogP contribution in [0.2, 0.25) is 0 Å². The van der Waals surface area contributed by atoms with Crippen LogP contribution in [0.3, 0.4) is 0 Å². The van der Waals surface area contributed by atoms with E-state index in [1.54, 1.807) is 43.0 Å². The van der Waals surface area contributed by atoms with Crippen LogP contribution in [0.15, 0.2) is 24.3 Å². The van der Waals surface area contributed by atoms with Gasteiger partial charge >= 0.3 is 12.1 Å². The second-order valence-corrected chi connectivity index (χ2v) is 8.45. The SMILES string of the molecule is COc1ccc(CNC(=O)N2CCN(C(=O)N(C)C)CC3(CC(=O)N(C)C3)C2)cc1. The fourth-order valence-electron chi connectivity index (χ4n) is 4.23. The number of rotatable bonds is 3. The first-order chi connectivity index (χ1) is 14.2. The van der Waals surface area contributed by atoms with Crippen molar-refractivity contribution in [2.45, 2.75) is 13.0 Å². The van der Waals surface area contributed by atoms with Crippen LogP contribution >= 0.6 is 0 Å². The van der Waals surface area contributed by atoms with E-state index in [1.807, 2.05) is 24.3 Å². The minimum absolute atomic E-state index is 0.0488. The van der Waals surface area contributed by atoms with Crippen LogP contribution in [-0.2, 0) is 11.3 Å². The van der Waals surface area contributed by atoms with Gasteiger partial charge in [0.05, 0.1) is 7.11 Å². The van der Waals surface area contributed by atoms with Crippen LogP contribution in [0.4, 0.5) is 9.59 Å². The number of ether oxygens (including phenoxy) is 1. The summed E-state index contributed by atoms with van der Waals surface area (Å²) in [4.78, 5) is 44.6. The molecule has 1 N–H and O–H groups in total. The van der Waals surface area contributed by atoms with Crippen molar-refractivity contribution >= 4 is 18.0 Å². The highest BCUT2D eigenvalue weighted by Gasteiger charge is 2.47. The van der Waals surface area contributed by atoms with Crippen LogP contribution < -0.4 is 10.1 Å². The molecule has 0 aliphatic carbocycles. The zero-order valence-electron chi connectivity index (χ0n) is 18.2. The lowest BCUT2D eigenvalue weighted by atomic mass is 9.86. The zero-order valence-corrected chi connectivity index (χ0v) is 18.2. The summed E-state index contributed by atoms with van der Waals surface area (Å²) in [6, 6.07) is 7.24. The summed E-state index contributed by atoms with van der Waals surface area (Å²) in [5.41, 5.74) is 0.514. The van der Waals surface area contributed by atoms with Crippen LogP contribution in [0.25, 0.3) is 0 Å². The first-order valence-electron chi connectivity index (χ1n) is 10.1. The van der Waals surface area contributed by atoms with Crippen molar-refractivity contribution in [3.63, 3.8) is 0 Å². The van der Waals surface area contributed by atoms with Crippen molar-refractivity contribution < 1.29 is 19.1 Å². The number of carbonyl (C=O) groups excluding carboxylic acids is 3. The fourth-order valence-corrected chi connectivity index (χ4v) is 4.23. The number of hydrogen-bond donors (Lipinski definition) is 1. The molecular formula is C21H31N5O4. The lowest BCUT2D eigenvalue weighted by molar-refractivity contribution is -0.126. The molecule has 5 amide bonds. The van der Waals surface area contributed by atoms with Gasteiger partial charge in [-0.2, -0.15) is 0 Å². The van der Waals surface area contributed by atoms with Gasteiger partial charge < -0.3 is 29.7 Å². The molecular weight excluding hydrogens is 386 g/mol. The van der Waals surface area contributed by atoms with Gasteiger partial charge in [0.2, 0.25) is 5.91 Å². The van der Waals surface area contributed by atoms with Crippen molar-refractivity contribution in [1.82, 2.24) is 24.9 Å². The molecule has 1 atom stereocenters. The van der Waals surface area contributed by atoms with Gasteiger partial charge in [0, 0.05) is 72.2 Å². The van der Waals surface area contributed by atoms with E-state index in [0.717, 1.165) is 11.3 Å². The molecule has 0 radical (unpaired) electrons. The van der Waals surface area contributed by atoms with Gasteiger partial charge in [-0.25, -0.2) is 9.59 Å². The second kappa shape index (κ2) is 8.81. The Labute approximate surface area is 177 Å². The van der Waals surface area contributed by atoms with E-state index in [1.165, 1.54) is 4.90 Å². The molecule has 2 aliphatic rings. The van der Waals surface area contributed by atoms with Gasteiger partial charge in [0.1, 0.15) is 5.75 Å². The summed E-state index contributed by atoms with van der Waals surface area (Å²) < 4.78 is 5.16. The first kappa shape index (κ1) is 21.7. The molecule has 9 heteroatoms. The van der Waals surface area contributed by atoms with Crippen molar-refractivity contribution in [3.8, 4) is 5.75 Å². The fraction of sp³-hybridized carbons (Fsp3) is 0.571. The molecule has 9 nitrogen and oxygen atoms in total. The summed E-state index contributed by atoms with van der Waals surface area (Å²) >= 11 is 0. The minimum Gasteiger partial charge on any atom is -0.497 e. The quantitative estimate of drug-likeness (QED) is 0.797. The highest BCUT2D eigenvalue weighted by Crippen LogP contribution is 2.34. The molecule has 0 aromatic heterocycles. The summed E-state index contributed by atoms with van der Waals surface area (Å²) in [5, 5.41) is 2.96. The van der Waals surface area contributed by atoms with Crippen LogP contribution in [-0.4, -0.2) is 98.5 Å². The lowest BCUT2D eigenvalue weighted by Gasteiger charge is -2.34. The molecule has 30 heavy (non-hydrogen) atoms. The Balaban J connectivity index is 1.71. The maximum Gasteiger partial charge on any atom is 0.319 e. The van der Waals surface area contributed by atoms with Crippen molar-refractivity contribution in [2.24, 2.45) is 5.41 Å². The number of carbonyl (C=O) groups is 3. The molecule has 2 fully saturated rings. The van der Waals surface area contributed by atoms with Crippen molar-refractivity contribution in [2.75, 3.05) is 61.0 Å². The topological polar surface area (TPSA) is 85.4 Å². The van der Waals surface area contributed by atoms with Crippen molar-refractivity contribution in [1.29, 1.82) is 0 Å². The molecule has 164 valence electrons. The average molecular weight is 418 g/mol. The van der Waals surface area contributed by atoms with E-state index in [0.29, 0.717) is 45.7 Å². The van der Waals surface area contributed by atoms with E-state index < -0.39 is 5.41 Å². The van der Waals surface area contributed by atoms with Crippen molar-refractivity contribution in [3.05, 3.63) is 29.8 Å². The Morgan fingerprint density at radius 2 is 1.73 bits per heavy atom. The predicted octanol–water partition coefficient (Wildman–Crippen LogP) is 1.05. The maximum absolute atomic E-state index is 12.9. The molecule has 3 rings (SSSR count). The number of hydrogen-bond acceptors (Lipinski definition) is 4. The van der Waals surface area contributed by atoms with Crippen LogP contribution in [0.5, 0.6) is 5.75 Å². The monoisotopic (exact) mass is 417 g/mol. The lowest BCUT2D eigenvalue weighted by Crippen LogP contribution is -2.48. The number of methoxy groups -OCH3 is 1. The Morgan fingerprint density at radius 1 is 1.10 bits per heavy atom. The van der Waals surface area contributed by atoms with Gasteiger partial charge in [-0.15, -0.1) is 0 Å². The molecule has 2 saturated heterocycles. The van der Waals surface area contributed by atoms with E-state index in [2.05, 4.69) is 5.32 Å². The molecule has 0 bridgehead atoms. The third-order valence-electron chi connectivity index (χ3n) is 5.76. The highest BCUT2D eigenvalue weighted by molar-refractivity contribution is 5.80. The largest absolute Gasteiger partial charge is 0.497 e. The smallest absolute Gasteiger partial charge is 0.319 e. The molecule has 1 aromatic carbocycles. The Bertz CT molecular complexity index is 797. The van der Waals surface area contributed by atoms with E-state index in [-0.39, 0.29) is 18.0 Å². The zero-order chi connectivity index (χ0) is 21.9. The molecule has 2 aliphatic heterocycles. The van der Waals surface area contributed by atoms with Gasteiger partial charge in [-0.05, 0) is 17.7 Å². The number of nitrogens with zero attached hydrogens (tertiary/aromatic N) is 4. The van der Waals surface area contributed by atoms with Gasteiger partial charge in [0.15, 0.2) is 0 Å². The number of benzene rings is 1. The van der Waals surface area contributed by atoms with E-state index >= 15 is 0 Å². The summed E-state index contributed by atoms with van der Waals surface area (Å²) in [6.07, 6.45) is 0.336. The minimum atomic E-state index is -0.453. The summed E-state index contributed by atoms with van der Waals surface area (Å²) in [6.45, 7) is 2.69. The number of amides is 5.